The fourth-order valence-corrected chi connectivity index (χ4v) is 4.48. The van der Waals surface area contributed by atoms with Crippen LogP contribution in [-0.4, -0.2) is 43.8 Å². The molecule has 0 spiro atoms. The lowest BCUT2D eigenvalue weighted by Gasteiger charge is -2.25. The first-order valence-electron chi connectivity index (χ1n) is 9.24. The number of piperidine rings is 1. The summed E-state index contributed by atoms with van der Waals surface area (Å²) < 4.78 is 30.5. The lowest BCUT2D eigenvalue weighted by molar-refractivity contribution is 0.219. The van der Waals surface area contributed by atoms with Gasteiger partial charge in [0.2, 0.25) is 0 Å². The van der Waals surface area contributed by atoms with Gasteiger partial charge in [-0.15, -0.1) is 12.4 Å². The van der Waals surface area contributed by atoms with E-state index in [0.29, 0.717) is 10.6 Å². The zero-order chi connectivity index (χ0) is 18.7. The first kappa shape index (κ1) is 21.8. The molecule has 1 fully saturated rings. The number of nitrogens with zero attached hydrogens (tertiary/aromatic N) is 1. The van der Waals surface area contributed by atoms with Gasteiger partial charge in [0.05, 0.1) is 17.3 Å². The molecule has 150 valence electrons. The van der Waals surface area contributed by atoms with Gasteiger partial charge in [-0.3, -0.25) is 4.90 Å². The quantitative estimate of drug-likeness (QED) is 0.769. The maximum Gasteiger partial charge on any atom is 0.180 e. The number of aromatic nitrogens is 1. The Bertz CT molecular complexity index is 856. The summed E-state index contributed by atoms with van der Waals surface area (Å²) in [5.41, 5.74) is 2.80. The summed E-state index contributed by atoms with van der Waals surface area (Å²) in [5.74, 6) is 0.666. The SMILES string of the molecule is COc1ccc(S(=O)(=O)C(C)C)cc1-c1ccc(CN2CCCCC2)[nH]1.Cl. The highest BCUT2D eigenvalue weighted by Crippen LogP contribution is 2.33. The Morgan fingerprint density at radius 1 is 1.11 bits per heavy atom. The monoisotopic (exact) mass is 412 g/mol. The molecule has 0 bridgehead atoms. The van der Waals surface area contributed by atoms with Crippen molar-refractivity contribution in [3.63, 3.8) is 0 Å². The Balaban J connectivity index is 0.00000261. The lowest BCUT2D eigenvalue weighted by atomic mass is 10.1. The van der Waals surface area contributed by atoms with Crippen molar-refractivity contribution in [1.82, 2.24) is 9.88 Å². The second-order valence-electron chi connectivity index (χ2n) is 7.19. The Kier molecular flexibility index (Phi) is 7.37. The van der Waals surface area contributed by atoms with Crippen molar-refractivity contribution in [2.45, 2.75) is 49.8 Å². The highest BCUT2D eigenvalue weighted by Gasteiger charge is 2.21. The van der Waals surface area contributed by atoms with Crippen LogP contribution in [0.3, 0.4) is 0 Å². The fourth-order valence-electron chi connectivity index (χ4n) is 3.39. The van der Waals surface area contributed by atoms with Crippen molar-refractivity contribution in [1.29, 1.82) is 0 Å². The summed E-state index contributed by atoms with van der Waals surface area (Å²) in [6.07, 6.45) is 3.84. The number of hydrogen-bond acceptors (Lipinski definition) is 4. The third kappa shape index (κ3) is 4.86. The number of aromatic amines is 1. The molecule has 1 aliphatic rings. The van der Waals surface area contributed by atoms with Crippen LogP contribution in [0.2, 0.25) is 0 Å². The third-order valence-corrected chi connectivity index (χ3v) is 7.15. The number of H-pyrrole nitrogens is 1. The van der Waals surface area contributed by atoms with Crippen LogP contribution < -0.4 is 4.74 Å². The fraction of sp³-hybridized carbons (Fsp3) is 0.500. The minimum Gasteiger partial charge on any atom is -0.496 e. The lowest BCUT2D eigenvalue weighted by Crippen LogP contribution is -2.29. The predicted molar refractivity (Wildman–Crippen MR) is 111 cm³/mol. The Labute approximate surface area is 168 Å². The number of rotatable bonds is 6. The van der Waals surface area contributed by atoms with E-state index < -0.39 is 15.1 Å². The van der Waals surface area contributed by atoms with Gasteiger partial charge in [-0.25, -0.2) is 8.42 Å². The summed E-state index contributed by atoms with van der Waals surface area (Å²) in [7, 11) is -1.72. The van der Waals surface area contributed by atoms with E-state index in [-0.39, 0.29) is 12.4 Å². The number of hydrogen-bond donors (Lipinski definition) is 1. The summed E-state index contributed by atoms with van der Waals surface area (Å²) in [6.45, 7) is 6.57. The number of benzene rings is 1. The average Bonchev–Trinajstić information content (AvgIpc) is 3.10. The predicted octanol–water partition coefficient (Wildman–Crippen LogP) is 4.28. The first-order chi connectivity index (χ1) is 12.4. The molecule has 2 heterocycles. The van der Waals surface area contributed by atoms with E-state index in [4.69, 9.17) is 4.74 Å². The van der Waals surface area contributed by atoms with Gasteiger partial charge in [-0.2, -0.15) is 0 Å². The molecule has 5 nitrogen and oxygen atoms in total. The standard InChI is InChI=1S/C20H28N2O3S.ClH/c1-15(2)26(23,24)17-8-10-20(25-3)18(13-17)19-9-7-16(21-19)14-22-11-5-4-6-12-22;/h7-10,13,15,21H,4-6,11-12,14H2,1-3H3;1H. The molecule has 0 aliphatic carbocycles. The van der Waals surface area contributed by atoms with Crippen LogP contribution in [0.5, 0.6) is 5.75 Å². The van der Waals surface area contributed by atoms with E-state index in [2.05, 4.69) is 16.0 Å². The van der Waals surface area contributed by atoms with E-state index >= 15 is 0 Å². The Hall–Kier alpha value is -1.50. The molecule has 3 rings (SSSR count). The van der Waals surface area contributed by atoms with E-state index in [9.17, 15) is 8.42 Å². The summed E-state index contributed by atoms with van der Waals surface area (Å²) >= 11 is 0. The Morgan fingerprint density at radius 2 is 1.81 bits per heavy atom. The molecular formula is C20H29ClN2O3S. The maximum atomic E-state index is 12.5. The molecular weight excluding hydrogens is 384 g/mol. The molecule has 1 N–H and O–H groups in total. The minimum atomic E-state index is -3.33. The molecule has 1 saturated heterocycles. The van der Waals surface area contributed by atoms with Gasteiger partial charge < -0.3 is 9.72 Å². The highest BCUT2D eigenvalue weighted by atomic mass is 35.5. The van der Waals surface area contributed by atoms with E-state index in [1.165, 1.54) is 19.3 Å². The van der Waals surface area contributed by atoms with E-state index in [0.717, 1.165) is 36.6 Å². The van der Waals surface area contributed by atoms with Gasteiger partial charge in [-0.05, 0) is 70.1 Å². The van der Waals surface area contributed by atoms with Gasteiger partial charge in [-0.1, -0.05) is 6.42 Å². The molecule has 27 heavy (non-hydrogen) atoms. The van der Waals surface area contributed by atoms with Crippen LogP contribution in [-0.2, 0) is 16.4 Å². The molecule has 1 aromatic heterocycles. The molecule has 0 saturated carbocycles. The molecule has 0 radical (unpaired) electrons. The summed E-state index contributed by atoms with van der Waals surface area (Å²) in [5, 5.41) is -0.456. The summed E-state index contributed by atoms with van der Waals surface area (Å²) in [4.78, 5) is 6.23. The van der Waals surface area contributed by atoms with Crippen LogP contribution in [0.15, 0.2) is 35.2 Å². The normalized spacial score (nSPS) is 15.6. The third-order valence-electron chi connectivity index (χ3n) is 5.00. The highest BCUT2D eigenvalue weighted by molar-refractivity contribution is 7.92. The molecule has 0 atom stereocenters. The van der Waals surface area contributed by atoms with Crippen LogP contribution in [0.4, 0.5) is 0 Å². The largest absolute Gasteiger partial charge is 0.496 e. The Morgan fingerprint density at radius 3 is 2.44 bits per heavy atom. The number of ether oxygens (including phenoxy) is 1. The molecule has 0 unspecified atom stereocenters. The van der Waals surface area contributed by atoms with E-state index in [1.54, 1.807) is 39.2 Å². The van der Waals surface area contributed by atoms with Gasteiger partial charge in [0.1, 0.15) is 5.75 Å². The van der Waals surface area contributed by atoms with Crippen LogP contribution in [0.25, 0.3) is 11.3 Å². The topological polar surface area (TPSA) is 62.4 Å². The summed E-state index contributed by atoms with van der Waals surface area (Å²) in [6, 6.07) is 9.14. The van der Waals surface area contributed by atoms with Gasteiger partial charge in [0.15, 0.2) is 9.84 Å². The molecule has 1 aromatic carbocycles. The minimum absolute atomic E-state index is 0. The number of nitrogens with one attached hydrogen (secondary N) is 1. The number of sulfone groups is 1. The van der Waals surface area contributed by atoms with Gasteiger partial charge >= 0.3 is 0 Å². The zero-order valence-electron chi connectivity index (χ0n) is 16.2. The van der Waals surface area contributed by atoms with Crippen LogP contribution >= 0.6 is 12.4 Å². The first-order valence-corrected chi connectivity index (χ1v) is 10.8. The number of methoxy groups -OCH3 is 1. The van der Waals surface area contributed by atoms with E-state index in [1.807, 2.05) is 6.07 Å². The van der Waals surface area contributed by atoms with Crippen molar-refractivity contribution in [2.24, 2.45) is 0 Å². The number of likely N-dealkylation sites (tertiary alicyclic amines) is 1. The second-order valence-corrected chi connectivity index (χ2v) is 9.69. The maximum absolute atomic E-state index is 12.5. The molecule has 2 aromatic rings. The van der Waals surface area contributed by atoms with Crippen molar-refractivity contribution < 1.29 is 13.2 Å². The van der Waals surface area contributed by atoms with Crippen molar-refractivity contribution in [2.75, 3.05) is 20.2 Å². The molecule has 1 aliphatic heterocycles. The number of halogens is 1. The second kappa shape index (κ2) is 9.13. The van der Waals surface area contributed by atoms with Gasteiger partial charge in [0.25, 0.3) is 0 Å². The van der Waals surface area contributed by atoms with Crippen molar-refractivity contribution in [3.8, 4) is 17.0 Å². The zero-order valence-corrected chi connectivity index (χ0v) is 17.8. The smallest absolute Gasteiger partial charge is 0.180 e. The molecule has 0 amide bonds. The average molecular weight is 413 g/mol. The molecule has 7 heteroatoms. The van der Waals surface area contributed by atoms with Crippen molar-refractivity contribution >= 4 is 22.2 Å². The van der Waals surface area contributed by atoms with Crippen molar-refractivity contribution in [3.05, 3.63) is 36.0 Å². The van der Waals surface area contributed by atoms with Crippen LogP contribution in [0, 0.1) is 0 Å². The van der Waals surface area contributed by atoms with Gasteiger partial charge in [0, 0.05) is 23.5 Å². The van der Waals surface area contributed by atoms with Crippen LogP contribution in [0.1, 0.15) is 38.8 Å².